The summed E-state index contributed by atoms with van der Waals surface area (Å²) in [4.78, 5) is 2.81. The monoisotopic (exact) mass is 296 g/mol. The van der Waals surface area contributed by atoms with E-state index in [-0.39, 0.29) is 0 Å². The number of benzene rings is 1. The van der Waals surface area contributed by atoms with Gasteiger partial charge >= 0.3 is 0 Å². The number of nitrogens with two attached hydrogens (primary N) is 1. The van der Waals surface area contributed by atoms with E-state index in [1.807, 2.05) is 18.2 Å². The van der Waals surface area contributed by atoms with Crippen LogP contribution < -0.4 is 5.73 Å². The summed E-state index contributed by atoms with van der Waals surface area (Å²) in [5, 5.41) is 0.757. The summed E-state index contributed by atoms with van der Waals surface area (Å²) in [5.74, 6) is 0. The minimum atomic E-state index is 0.397. The molecule has 0 aliphatic heterocycles. The predicted octanol–water partition coefficient (Wildman–Crippen LogP) is 3.74. The Balaban J connectivity index is 2.03. The first-order chi connectivity index (χ1) is 9.08. The van der Waals surface area contributed by atoms with Crippen LogP contribution in [-0.4, -0.2) is 23.0 Å². The maximum absolute atomic E-state index is 6.31. The minimum absolute atomic E-state index is 0.397. The zero-order valence-electron chi connectivity index (χ0n) is 11.4. The van der Waals surface area contributed by atoms with Crippen molar-refractivity contribution >= 4 is 28.8 Å². The summed E-state index contributed by atoms with van der Waals surface area (Å²) < 4.78 is 0. The van der Waals surface area contributed by atoms with Crippen LogP contribution in [0.5, 0.6) is 0 Å². The molecule has 0 amide bonds. The molecule has 0 radical (unpaired) electrons. The van der Waals surface area contributed by atoms with E-state index in [0.717, 1.165) is 22.7 Å². The summed E-state index contributed by atoms with van der Waals surface area (Å²) in [6.07, 6.45) is 6.69. The lowest BCUT2D eigenvalue weighted by molar-refractivity contribution is 0.184. The van der Waals surface area contributed by atoms with Gasteiger partial charge in [0.1, 0.15) is 4.99 Å². The molecule has 1 aliphatic rings. The van der Waals surface area contributed by atoms with E-state index in [1.54, 1.807) is 0 Å². The van der Waals surface area contributed by atoms with Gasteiger partial charge < -0.3 is 5.73 Å². The fourth-order valence-electron chi connectivity index (χ4n) is 2.75. The number of thiocarbonyl (C=S) groups is 1. The lowest BCUT2D eigenvalue weighted by Gasteiger charge is -2.31. The van der Waals surface area contributed by atoms with Crippen LogP contribution in [0.15, 0.2) is 18.2 Å². The van der Waals surface area contributed by atoms with E-state index in [2.05, 4.69) is 11.9 Å². The molecule has 1 aliphatic carbocycles. The lowest BCUT2D eigenvalue weighted by atomic mass is 9.94. The molecular weight excluding hydrogens is 276 g/mol. The summed E-state index contributed by atoms with van der Waals surface area (Å²) in [6, 6.07) is 6.56. The SMILES string of the molecule is CN(Cc1ccc(C(N)=S)cc1Cl)C1CCCCC1. The van der Waals surface area contributed by atoms with E-state index in [0.29, 0.717) is 11.0 Å². The highest BCUT2D eigenvalue weighted by Crippen LogP contribution is 2.25. The lowest BCUT2D eigenvalue weighted by Crippen LogP contribution is -2.32. The average Bonchev–Trinajstić information content (AvgIpc) is 2.41. The second-order valence-corrected chi connectivity index (χ2v) is 6.22. The molecule has 1 aromatic carbocycles. The van der Waals surface area contributed by atoms with Crippen LogP contribution >= 0.6 is 23.8 Å². The van der Waals surface area contributed by atoms with Gasteiger partial charge in [-0.05, 0) is 31.5 Å². The van der Waals surface area contributed by atoms with Crippen LogP contribution in [0.1, 0.15) is 43.2 Å². The van der Waals surface area contributed by atoms with E-state index in [4.69, 9.17) is 29.6 Å². The van der Waals surface area contributed by atoms with Crippen LogP contribution in [0, 0.1) is 0 Å². The van der Waals surface area contributed by atoms with Crippen molar-refractivity contribution in [2.75, 3.05) is 7.05 Å². The van der Waals surface area contributed by atoms with E-state index in [1.165, 1.54) is 32.1 Å². The predicted molar refractivity (Wildman–Crippen MR) is 85.7 cm³/mol. The molecule has 0 unspecified atom stereocenters. The third-order valence-electron chi connectivity index (χ3n) is 3.96. The van der Waals surface area contributed by atoms with Crippen molar-refractivity contribution in [3.05, 3.63) is 34.3 Å². The Kier molecular flexibility index (Phi) is 5.20. The molecule has 1 fully saturated rings. The standard InChI is InChI=1S/C15H21ClN2S/c1-18(13-5-3-2-4-6-13)10-12-8-7-11(15(17)19)9-14(12)16/h7-9,13H,2-6,10H2,1H3,(H2,17,19). The largest absolute Gasteiger partial charge is 0.389 e. The van der Waals surface area contributed by atoms with Crippen molar-refractivity contribution < 1.29 is 0 Å². The molecule has 1 aromatic rings. The molecule has 2 rings (SSSR count). The van der Waals surface area contributed by atoms with Gasteiger partial charge in [0.15, 0.2) is 0 Å². The van der Waals surface area contributed by atoms with Crippen molar-refractivity contribution in [3.8, 4) is 0 Å². The number of rotatable bonds is 4. The Morgan fingerprint density at radius 3 is 2.63 bits per heavy atom. The average molecular weight is 297 g/mol. The summed E-state index contributed by atoms with van der Waals surface area (Å²) in [6.45, 7) is 0.890. The van der Waals surface area contributed by atoms with Gasteiger partial charge in [0.2, 0.25) is 0 Å². The van der Waals surface area contributed by atoms with E-state index < -0.39 is 0 Å². The molecule has 1 saturated carbocycles. The molecule has 0 heterocycles. The molecule has 4 heteroatoms. The zero-order valence-corrected chi connectivity index (χ0v) is 12.9. The van der Waals surface area contributed by atoms with Crippen LogP contribution in [0.25, 0.3) is 0 Å². The van der Waals surface area contributed by atoms with E-state index >= 15 is 0 Å². The highest BCUT2D eigenvalue weighted by molar-refractivity contribution is 7.80. The maximum atomic E-state index is 6.31. The molecule has 2 N–H and O–H groups in total. The first-order valence-corrected chi connectivity index (χ1v) is 7.65. The Morgan fingerprint density at radius 2 is 2.05 bits per heavy atom. The third-order valence-corrected chi connectivity index (χ3v) is 4.54. The van der Waals surface area contributed by atoms with Crippen LogP contribution in [0.3, 0.4) is 0 Å². The second kappa shape index (κ2) is 6.69. The minimum Gasteiger partial charge on any atom is -0.389 e. The smallest absolute Gasteiger partial charge is 0.104 e. The van der Waals surface area contributed by atoms with Crippen molar-refractivity contribution in [1.29, 1.82) is 0 Å². The highest BCUT2D eigenvalue weighted by Gasteiger charge is 2.18. The van der Waals surface area contributed by atoms with Gasteiger partial charge in [-0.2, -0.15) is 0 Å². The molecule has 0 aromatic heterocycles. The number of nitrogens with zero attached hydrogens (tertiary/aromatic N) is 1. The Labute approximate surface area is 125 Å². The van der Waals surface area contributed by atoms with Crippen LogP contribution in [0.4, 0.5) is 0 Å². The van der Waals surface area contributed by atoms with Crippen molar-refractivity contribution in [2.24, 2.45) is 5.73 Å². The number of hydrogen-bond acceptors (Lipinski definition) is 2. The normalized spacial score (nSPS) is 16.8. The molecule has 0 saturated heterocycles. The molecule has 0 bridgehead atoms. The fourth-order valence-corrected chi connectivity index (χ4v) is 3.12. The first kappa shape index (κ1) is 14.8. The molecule has 2 nitrogen and oxygen atoms in total. The highest BCUT2D eigenvalue weighted by atomic mass is 35.5. The zero-order chi connectivity index (χ0) is 13.8. The van der Waals surface area contributed by atoms with Gasteiger partial charge in [-0.25, -0.2) is 0 Å². The fraction of sp³-hybridized carbons (Fsp3) is 0.533. The van der Waals surface area contributed by atoms with Gasteiger partial charge in [0.05, 0.1) is 0 Å². The summed E-state index contributed by atoms with van der Waals surface area (Å²) in [5.41, 5.74) is 7.60. The Bertz CT molecular complexity index is 455. The summed E-state index contributed by atoms with van der Waals surface area (Å²) >= 11 is 11.3. The molecule has 19 heavy (non-hydrogen) atoms. The Hall–Kier alpha value is -0.640. The van der Waals surface area contributed by atoms with Gasteiger partial charge in [0.25, 0.3) is 0 Å². The van der Waals surface area contributed by atoms with Crippen molar-refractivity contribution in [2.45, 2.75) is 44.7 Å². The quantitative estimate of drug-likeness (QED) is 0.858. The van der Waals surface area contributed by atoms with Crippen LogP contribution in [0.2, 0.25) is 5.02 Å². The molecule has 0 atom stereocenters. The van der Waals surface area contributed by atoms with Crippen molar-refractivity contribution in [3.63, 3.8) is 0 Å². The van der Waals surface area contributed by atoms with Gasteiger partial charge in [-0.15, -0.1) is 0 Å². The van der Waals surface area contributed by atoms with Gasteiger partial charge in [0, 0.05) is 23.2 Å². The van der Waals surface area contributed by atoms with Crippen LogP contribution in [-0.2, 0) is 6.54 Å². The first-order valence-electron chi connectivity index (χ1n) is 6.86. The van der Waals surface area contributed by atoms with E-state index in [9.17, 15) is 0 Å². The number of hydrogen-bond donors (Lipinski definition) is 1. The van der Waals surface area contributed by atoms with Crippen molar-refractivity contribution in [1.82, 2.24) is 4.90 Å². The second-order valence-electron chi connectivity index (χ2n) is 5.38. The molecule has 104 valence electrons. The Morgan fingerprint density at radius 1 is 1.37 bits per heavy atom. The molecular formula is C15H21ClN2S. The maximum Gasteiger partial charge on any atom is 0.104 e. The molecule has 0 spiro atoms. The third kappa shape index (κ3) is 3.91. The summed E-state index contributed by atoms with van der Waals surface area (Å²) in [7, 11) is 2.19. The van der Waals surface area contributed by atoms with Gasteiger partial charge in [-0.3, -0.25) is 4.90 Å². The topological polar surface area (TPSA) is 29.3 Å². The van der Waals surface area contributed by atoms with Gasteiger partial charge in [-0.1, -0.05) is 55.2 Å². The number of halogens is 1.